The Balaban J connectivity index is 2.23. The SMILES string of the molecule is Cc1nccc(C(Cc2cc(F)cc(F)c2)NN)n1. The number of halogens is 2. The summed E-state index contributed by atoms with van der Waals surface area (Å²) in [5, 5.41) is 0. The minimum Gasteiger partial charge on any atom is -0.271 e. The lowest BCUT2D eigenvalue weighted by Gasteiger charge is -2.15. The summed E-state index contributed by atoms with van der Waals surface area (Å²) in [6.07, 6.45) is 1.95. The van der Waals surface area contributed by atoms with Crippen molar-refractivity contribution in [2.45, 2.75) is 19.4 Å². The number of hydrogen-bond donors (Lipinski definition) is 2. The highest BCUT2D eigenvalue weighted by Crippen LogP contribution is 2.17. The van der Waals surface area contributed by atoms with E-state index in [2.05, 4.69) is 15.4 Å². The van der Waals surface area contributed by atoms with Gasteiger partial charge in [0.2, 0.25) is 0 Å². The number of benzene rings is 1. The maximum Gasteiger partial charge on any atom is 0.126 e. The van der Waals surface area contributed by atoms with Crippen LogP contribution in [0, 0.1) is 18.6 Å². The zero-order chi connectivity index (χ0) is 13.8. The van der Waals surface area contributed by atoms with Crippen LogP contribution >= 0.6 is 0 Å². The minimum absolute atomic E-state index is 0.331. The van der Waals surface area contributed by atoms with Crippen LogP contribution in [0.4, 0.5) is 8.78 Å². The number of rotatable bonds is 4. The number of nitrogens with zero attached hydrogens (tertiary/aromatic N) is 2. The quantitative estimate of drug-likeness (QED) is 0.653. The van der Waals surface area contributed by atoms with Crippen LogP contribution in [0.2, 0.25) is 0 Å². The van der Waals surface area contributed by atoms with Gasteiger partial charge in [0.1, 0.15) is 17.5 Å². The van der Waals surface area contributed by atoms with Crippen molar-refractivity contribution in [1.29, 1.82) is 0 Å². The third-order valence-corrected chi connectivity index (χ3v) is 2.72. The van der Waals surface area contributed by atoms with E-state index in [1.165, 1.54) is 12.1 Å². The van der Waals surface area contributed by atoms with Crippen molar-refractivity contribution in [3.63, 3.8) is 0 Å². The Labute approximate surface area is 109 Å². The van der Waals surface area contributed by atoms with Crippen molar-refractivity contribution in [2.24, 2.45) is 5.84 Å². The Bertz CT molecular complexity index is 554. The van der Waals surface area contributed by atoms with Gasteiger partial charge in [0.25, 0.3) is 0 Å². The van der Waals surface area contributed by atoms with E-state index in [-0.39, 0.29) is 6.04 Å². The second-order valence-electron chi connectivity index (χ2n) is 4.23. The first-order chi connectivity index (χ1) is 9.08. The molecule has 0 aliphatic heterocycles. The van der Waals surface area contributed by atoms with Crippen LogP contribution in [0.15, 0.2) is 30.5 Å². The van der Waals surface area contributed by atoms with Gasteiger partial charge in [-0.1, -0.05) is 0 Å². The molecule has 0 aliphatic rings. The average Bonchev–Trinajstić information content (AvgIpc) is 2.34. The monoisotopic (exact) mass is 264 g/mol. The molecule has 0 aliphatic carbocycles. The lowest BCUT2D eigenvalue weighted by Crippen LogP contribution is -2.30. The second-order valence-corrected chi connectivity index (χ2v) is 4.23. The van der Waals surface area contributed by atoms with Crippen molar-refractivity contribution >= 4 is 0 Å². The van der Waals surface area contributed by atoms with Gasteiger partial charge < -0.3 is 0 Å². The van der Waals surface area contributed by atoms with E-state index in [0.29, 0.717) is 23.5 Å². The van der Waals surface area contributed by atoms with Gasteiger partial charge in [-0.2, -0.15) is 0 Å². The van der Waals surface area contributed by atoms with Gasteiger partial charge in [-0.05, 0) is 37.1 Å². The van der Waals surface area contributed by atoms with Crippen molar-refractivity contribution in [1.82, 2.24) is 15.4 Å². The van der Waals surface area contributed by atoms with Crippen LogP contribution < -0.4 is 11.3 Å². The van der Waals surface area contributed by atoms with Crippen LogP contribution in [-0.2, 0) is 6.42 Å². The highest BCUT2D eigenvalue weighted by atomic mass is 19.1. The maximum absolute atomic E-state index is 13.1. The molecule has 1 aromatic heterocycles. The van der Waals surface area contributed by atoms with Gasteiger partial charge in [-0.3, -0.25) is 11.3 Å². The Kier molecular flexibility index (Phi) is 4.13. The molecule has 1 unspecified atom stereocenters. The summed E-state index contributed by atoms with van der Waals surface area (Å²) in [6.45, 7) is 1.76. The zero-order valence-corrected chi connectivity index (χ0v) is 10.4. The highest BCUT2D eigenvalue weighted by molar-refractivity contribution is 5.21. The molecule has 0 radical (unpaired) electrons. The van der Waals surface area contributed by atoms with Crippen molar-refractivity contribution in [2.75, 3.05) is 0 Å². The van der Waals surface area contributed by atoms with Gasteiger partial charge in [0.05, 0.1) is 11.7 Å². The Hall–Kier alpha value is -1.92. The van der Waals surface area contributed by atoms with Crippen molar-refractivity contribution in [3.8, 4) is 0 Å². The molecular formula is C13H14F2N4. The Morgan fingerprint density at radius 2 is 1.95 bits per heavy atom. The number of nitrogens with one attached hydrogen (secondary N) is 1. The van der Waals surface area contributed by atoms with Gasteiger partial charge in [-0.25, -0.2) is 18.7 Å². The molecule has 4 nitrogen and oxygen atoms in total. The van der Waals surface area contributed by atoms with E-state index in [0.717, 1.165) is 6.07 Å². The summed E-state index contributed by atoms with van der Waals surface area (Å²) in [5.74, 6) is 4.88. The van der Waals surface area contributed by atoms with Gasteiger partial charge in [0.15, 0.2) is 0 Å². The first-order valence-electron chi connectivity index (χ1n) is 5.79. The predicted molar refractivity (Wildman–Crippen MR) is 66.9 cm³/mol. The number of aromatic nitrogens is 2. The molecule has 1 atom stereocenters. The van der Waals surface area contributed by atoms with E-state index in [4.69, 9.17) is 5.84 Å². The molecule has 0 bridgehead atoms. The molecule has 0 fully saturated rings. The summed E-state index contributed by atoms with van der Waals surface area (Å²) >= 11 is 0. The minimum atomic E-state index is -0.607. The van der Waals surface area contributed by atoms with E-state index in [9.17, 15) is 8.78 Å². The molecule has 19 heavy (non-hydrogen) atoms. The molecule has 0 amide bonds. The summed E-state index contributed by atoms with van der Waals surface area (Å²) in [7, 11) is 0. The van der Waals surface area contributed by atoms with Crippen LogP contribution in [0.25, 0.3) is 0 Å². The molecule has 0 saturated carbocycles. The molecule has 2 rings (SSSR count). The van der Waals surface area contributed by atoms with Crippen molar-refractivity contribution in [3.05, 3.63) is 59.2 Å². The largest absolute Gasteiger partial charge is 0.271 e. The van der Waals surface area contributed by atoms with Gasteiger partial charge >= 0.3 is 0 Å². The fourth-order valence-electron chi connectivity index (χ4n) is 1.88. The summed E-state index contributed by atoms with van der Waals surface area (Å²) < 4.78 is 26.3. The lowest BCUT2D eigenvalue weighted by molar-refractivity contribution is 0.527. The van der Waals surface area contributed by atoms with Crippen molar-refractivity contribution < 1.29 is 8.78 Å². The summed E-state index contributed by atoms with van der Waals surface area (Å²) in [5.41, 5.74) is 3.79. The number of hydrazine groups is 1. The molecule has 0 saturated heterocycles. The topological polar surface area (TPSA) is 63.8 Å². The second kappa shape index (κ2) is 5.81. The molecular weight excluding hydrogens is 250 g/mol. The van der Waals surface area contributed by atoms with Crippen LogP contribution in [0.5, 0.6) is 0 Å². The molecule has 2 aromatic rings. The average molecular weight is 264 g/mol. The molecule has 6 heteroatoms. The molecule has 100 valence electrons. The van der Waals surface area contributed by atoms with Gasteiger partial charge in [0, 0.05) is 12.3 Å². The van der Waals surface area contributed by atoms with Crippen LogP contribution in [0.1, 0.15) is 23.1 Å². The third-order valence-electron chi connectivity index (χ3n) is 2.72. The van der Waals surface area contributed by atoms with Crippen LogP contribution in [0.3, 0.4) is 0 Å². The number of nitrogens with two attached hydrogens (primary N) is 1. The molecule has 1 aromatic carbocycles. The fourth-order valence-corrected chi connectivity index (χ4v) is 1.88. The molecule has 3 N–H and O–H groups in total. The summed E-state index contributed by atoms with van der Waals surface area (Å²) in [4.78, 5) is 8.24. The van der Waals surface area contributed by atoms with E-state index >= 15 is 0 Å². The smallest absolute Gasteiger partial charge is 0.126 e. The molecule has 0 spiro atoms. The maximum atomic E-state index is 13.1. The third kappa shape index (κ3) is 3.52. The standard InChI is InChI=1S/C13H14F2N4/c1-8-17-3-2-12(18-8)13(19-16)6-9-4-10(14)7-11(15)5-9/h2-5,7,13,19H,6,16H2,1H3. The normalized spacial score (nSPS) is 12.4. The fraction of sp³-hybridized carbons (Fsp3) is 0.231. The Morgan fingerprint density at radius 1 is 1.26 bits per heavy atom. The highest BCUT2D eigenvalue weighted by Gasteiger charge is 2.13. The molecule has 1 heterocycles. The van der Waals surface area contributed by atoms with Gasteiger partial charge in [-0.15, -0.1) is 0 Å². The first-order valence-corrected chi connectivity index (χ1v) is 5.79. The van der Waals surface area contributed by atoms with E-state index in [1.807, 2.05) is 0 Å². The number of hydrogen-bond acceptors (Lipinski definition) is 4. The zero-order valence-electron chi connectivity index (χ0n) is 10.4. The number of aryl methyl sites for hydroxylation is 1. The van der Waals surface area contributed by atoms with E-state index < -0.39 is 11.6 Å². The summed E-state index contributed by atoms with van der Waals surface area (Å²) in [6, 6.07) is 4.78. The van der Waals surface area contributed by atoms with Crippen LogP contribution in [-0.4, -0.2) is 9.97 Å². The van der Waals surface area contributed by atoms with E-state index in [1.54, 1.807) is 19.2 Å². The first kappa shape index (κ1) is 13.5. The Morgan fingerprint density at radius 3 is 2.53 bits per heavy atom. The lowest BCUT2D eigenvalue weighted by atomic mass is 10.0. The predicted octanol–water partition coefficient (Wildman–Crippen LogP) is 1.81.